The Labute approximate surface area is 234 Å². The van der Waals surface area contributed by atoms with E-state index >= 15 is 0 Å². The smallest absolute Gasteiger partial charge is 0.352 e. The summed E-state index contributed by atoms with van der Waals surface area (Å²) in [5.41, 5.74) is 6.60. The zero-order chi connectivity index (χ0) is 27.8. The molecule has 0 aliphatic carbocycles. The molecule has 7 heteroatoms. The minimum Gasteiger partial charge on any atom is -0.493 e. The third-order valence-electron chi connectivity index (χ3n) is 8.23. The molecule has 0 bridgehead atoms. The average Bonchev–Trinajstić information content (AvgIpc) is 3.40. The number of carbonyl (C=O) groups is 1. The lowest BCUT2D eigenvalue weighted by molar-refractivity contribution is 0.0684. The van der Waals surface area contributed by atoms with E-state index in [2.05, 4.69) is 59.8 Å². The highest BCUT2D eigenvalue weighted by Crippen LogP contribution is 2.39. The lowest BCUT2D eigenvalue weighted by atomic mass is 9.98. The maximum atomic E-state index is 12.8. The summed E-state index contributed by atoms with van der Waals surface area (Å²) in [6, 6.07) is 20.6. The fraction of sp³-hybridized carbons (Fsp3) is 0.333. The van der Waals surface area contributed by atoms with Crippen molar-refractivity contribution in [2.45, 2.75) is 45.7 Å². The third-order valence-corrected chi connectivity index (χ3v) is 8.23. The summed E-state index contributed by atoms with van der Waals surface area (Å²) in [5, 5.41) is 18.6. The predicted octanol–water partition coefficient (Wildman–Crippen LogP) is 6.44. The second kappa shape index (κ2) is 10.8. The van der Waals surface area contributed by atoms with E-state index in [-0.39, 0.29) is 0 Å². The number of nitrogens with zero attached hydrogens (tertiary/aromatic N) is 4. The number of hydrogen-bond donors (Lipinski definition) is 1. The Morgan fingerprint density at radius 2 is 1.73 bits per heavy atom. The number of rotatable bonds is 6. The summed E-state index contributed by atoms with van der Waals surface area (Å²) >= 11 is 0. The molecule has 3 aromatic carbocycles. The topological polar surface area (TPSA) is 72.5 Å². The van der Waals surface area contributed by atoms with Crippen LogP contribution in [0.25, 0.3) is 32.8 Å². The molecule has 7 nitrogen and oxygen atoms in total. The van der Waals surface area contributed by atoms with Gasteiger partial charge >= 0.3 is 5.97 Å². The van der Waals surface area contributed by atoms with Crippen LogP contribution in [0, 0.1) is 6.92 Å². The highest BCUT2D eigenvalue weighted by Gasteiger charge is 2.27. The Morgan fingerprint density at radius 1 is 0.975 bits per heavy atom. The summed E-state index contributed by atoms with van der Waals surface area (Å²) in [6.07, 6.45) is 3.25. The molecule has 1 aliphatic heterocycles. The van der Waals surface area contributed by atoms with Crippen molar-refractivity contribution in [3.63, 3.8) is 0 Å². The number of aromatic carboxylic acids is 1. The Hall–Kier alpha value is -4.10. The van der Waals surface area contributed by atoms with Gasteiger partial charge in [0, 0.05) is 47.7 Å². The number of carboxylic acid groups (broad SMARTS) is 1. The van der Waals surface area contributed by atoms with E-state index in [4.69, 9.17) is 9.84 Å². The number of hydrogen-bond acceptors (Lipinski definition) is 4. The van der Waals surface area contributed by atoms with Gasteiger partial charge in [0.1, 0.15) is 11.4 Å². The second-order valence-corrected chi connectivity index (χ2v) is 10.9. The van der Waals surface area contributed by atoms with Crippen molar-refractivity contribution >= 4 is 27.6 Å². The maximum absolute atomic E-state index is 12.8. The first-order chi connectivity index (χ1) is 19.4. The Balaban J connectivity index is 1.40. The van der Waals surface area contributed by atoms with Gasteiger partial charge in [-0.3, -0.25) is 4.68 Å². The molecular formula is C33H36N4O3. The standard InChI is InChI=1S/C33H36N4O3/c1-22-30-27-15-9-14-25-26(16-10-20-40-29-17-8-12-23-11-4-5-13-24(23)29)32(33(38)39)37(31(25)27)19-7-6-18-35(2)21-28(30)34-36(22)3/h4-5,8-9,11-15,17H,6-7,10,16,18-21H2,1-3H3,(H,38,39). The molecule has 3 heterocycles. The number of fused-ring (bicyclic) bond motifs is 3. The first-order valence-corrected chi connectivity index (χ1v) is 14.1. The van der Waals surface area contributed by atoms with E-state index in [1.807, 2.05) is 36.0 Å². The van der Waals surface area contributed by atoms with E-state index in [1.165, 1.54) is 0 Å². The number of aromatic nitrogens is 3. The third kappa shape index (κ3) is 4.64. The molecule has 0 fully saturated rings. The molecule has 0 saturated carbocycles. The van der Waals surface area contributed by atoms with E-state index in [0.29, 0.717) is 25.3 Å². The van der Waals surface area contributed by atoms with Crippen molar-refractivity contribution in [3.05, 3.63) is 83.3 Å². The zero-order valence-electron chi connectivity index (χ0n) is 23.5. The summed E-state index contributed by atoms with van der Waals surface area (Å²) in [5.74, 6) is -0.0116. The number of ether oxygens (including phenoxy) is 1. The first kappa shape index (κ1) is 26.1. The Kier molecular flexibility index (Phi) is 7.07. The monoisotopic (exact) mass is 536 g/mol. The summed E-state index contributed by atoms with van der Waals surface area (Å²) in [7, 11) is 4.12. The first-order valence-electron chi connectivity index (χ1n) is 14.1. The van der Waals surface area contributed by atoms with Gasteiger partial charge in [0.2, 0.25) is 0 Å². The Morgan fingerprint density at radius 3 is 2.58 bits per heavy atom. The molecule has 40 heavy (non-hydrogen) atoms. The molecule has 0 atom stereocenters. The quantitative estimate of drug-likeness (QED) is 0.253. The molecule has 0 unspecified atom stereocenters. The highest BCUT2D eigenvalue weighted by atomic mass is 16.5. The fourth-order valence-corrected chi connectivity index (χ4v) is 6.28. The number of carboxylic acids is 1. The van der Waals surface area contributed by atoms with Gasteiger partial charge in [0.25, 0.3) is 0 Å². The Bertz CT molecular complexity index is 1710. The van der Waals surface area contributed by atoms with Crippen LogP contribution in [-0.2, 0) is 26.6 Å². The summed E-state index contributed by atoms with van der Waals surface area (Å²) in [4.78, 5) is 15.1. The second-order valence-electron chi connectivity index (χ2n) is 10.9. The van der Waals surface area contributed by atoms with Crippen LogP contribution in [0.1, 0.15) is 46.7 Å². The van der Waals surface area contributed by atoms with Gasteiger partial charge in [0.05, 0.1) is 17.8 Å². The van der Waals surface area contributed by atoms with E-state index in [9.17, 15) is 9.90 Å². The van der Waals surface area contributed by atoms with Crippen molar-refractivity contribution in [1.82, 2.24) is 19.2 Å². The van der Waals surface area contributed by atoms with Crippen molar-refractivity contribution in [3.8, 4) is 16.9 Å². The van der Waals surface area contributed by atoms with Crippen LogP contribution in [0.15, 0.2) is 60.7 Å². The van der Waals surface area contributed by atoms with Gasteiger partial charge in [-0.05, 0) is 63.2 Å². The maximum Gasteiger partial charge on any atom is 0.352 e. The molecule has 6 rings (SSSR count). The van der Waals surface area contributed by atoms with Gasteiger partial charge in [-0.2, -0.15) is 5.10 Å². The van der Waals surface area contributed by atoms with Crippen LogP contribution in [0.3, 0.4) is 0 Å². The largest absolute Gasteiger partial charge is 0.493 e. The predicted molar refractivity (Wildman–Crippen MR) is 159 cm³/mol. The molecule has 0 spiro atoms. The molecule has 1 N–H and O–H groups in total. The lowest BCUT2D eigenvalue weighted by Gasteiger charge is -2.15. The molecular weight excluding hydrogens is 500 g/mol. The van der Waals surface area contributed by atoms with Crippen LogP contribution in [0.4, 0.5) is 0 Å². The molecule has 5 aromatic rings. The molecule has 0 saturated heterocycles. The zero-order valence-corrected chi connectivity index (χ0v) is 23.5. The van der Waals surface area contributed by atoms with Crippen LogP contribution in [0.2, 0.25) is 0 Å². The van der Waals surface area contributed by atoms with E-state index < -0.39 is 5.97 Å². The SMILES string of the molecule is Cc1c2c(nn1C)CN(C)CCCCn1c(C(=O)O)c(CCCOc3cccc4ccccc34)c3cccc-2c31. The van der Waals surface area contributed by atoms with Gasteiger partial charge in [0.15, 0.2) is 0 Å². The van der Waals surface area contributed by atoms with Gasteiger partial charge < -0.3 is 19.3 Å². The van der Waals surface area contributed by atoms with Gasteiger partial charge in [-0.1, -0.05) is 54.6 Å². The van der Waals surface area contributed by atoms with E-state index in [0.717, 1.165) is 87.9 Å². The van der Waals surface area contributed by atoms with Gasteiger partial charge in [-0.25, -0.2) is 4.79 Å². The van der Waals surface area contributed by atoms with Crippen LogP contribution < -0.4 is 4.74 Å². The van der Waals surface area contributed by atoms with Crippen molar-refractivity contribution in [1.29, 1.82) is 0 Å². The van der Waals surface area contributed by atoms with Crippen molar-refractivity contribution in [2.24, 2.45) is 7.05 Å². The molecule has 0 radical (unpaired) electrons. The number of aryl methyl sites for hydroxylation is 3. The van der Waals surface area contributed by atoms with Crippen LogP contribution >= 0.6 is 0 Å². The number of benzene rings is 3. The molecule has 206 valence electrons. The van der Waals surface area contributed by atoms with Crippen molar-refractivity contribution in [2.75, 3.05) is 20.2 Å². The molecule has 0 amide bonds. The highest BCUT2D eigenvalue weighted by molar-refractivity contribution is 6.04. The fourth-order valence-electron chi connectivity index (χ4n) is 6.28. The lowest BCUT2D eigenvalue weighted by Crippen LogP contribution is -2.20. The van der Waals surface area contributed by atoms with Crippen LogP contribution in [-0.4, -0.2) is 50.5 Å². The van der Waals surface area contributed by atoms with E-state index in [1.54, 1.807) is 0 Å². The van der Waals surface area contributed by atoms with Crippen LogP contribution in [0.5, 0.6) is 5.75 Å². The minimum atomic E-state index is -0.873. The summed E-state index contributed by atoms with van der Waals surface area (Å²) < 4.78 is 10.2. The minimum absolute atomic E-state index is 0.406. The molecule has 2 aromatic heterocycles. The van der Waals surface area contributed by atoms with Crippen molar-refractivity contribution < 1.29 is 14.6 Å². The normalized spacial score (nSPS) is 14.3. The molecule has 1 aliphatic rings. The van der Waals surface area contributed by atoms with Gasteiger partial charge in [-0.15, -0.1) is 0 Å². The summed E-state index contributed by atoms with van der Waals surface area (Å²) in [6.45, 7) is 4.98. The average molecular weight is 537 g/mol. The number of para-hydroxylation sites is 1.